The molecule has 2 aromatic heterocycles. The van der Waals surface area contributed by atoms with Crippen LogP contribution in [0, 0.1) is 0 Å². The summed E-state index contributed by atoms with van der Waals surface area (Å²) in [6, 6.07) is 14.2. The summed E-state index contributed by atoms with van der Waals surface area (Å²) in [5, 5.41) is 9.36. The van der Waals surface area contributed by atoms with Gasteiger partial charge in [-0.2, -0.15) is 0 Å². The van der Waals surface area contributed by atoms with Crippen LogP contribution >= 0.6 is 0 Å². The van der Waals surface area contributed by atoms with E-state index in [0.717, 1.165) is 4.31 Å². The minimum atomic E-state index is -4.25. The van der Waals surface area contributed by atoms with E-state index in [4.69, 9.17) is 19.4 Å². The normalized spacial score (nSPS) is 11.1. The molecule has 2 aromatic carbocycles. The number of ether oxygens (including phenoxy) is 3. The van der Waals surface area contributed by atoms with Gasteiger partial charge in [0, 0.05) is 17.8 Å². The van der Waals surface area contributed by atoms with Crippen LogP contribution in [0.1, 0.15) is 5.56 Å². The van der Waals surface area contributed by atoms with Gasteiger partial charge in [-0.3, -0.25) is 14.5 Å². The topological polar surface area (TPSA) is 140 Å². The van der Waals surface area contributed by atoms with Crippen LogP contribution < -0.4 is 24.0 Å². The van der Waals surface area contributed by atoms with Gasteiger partial charge in [-0.25, -0.2) is 23.7 Å². The molecule has 0 aliphatic rings. The van der Waals surface area contributed by atoms with Crippen LogP contribution in [0.3, 0.4) is 0 Å². The molecule has 0 saturated heterocycles. The van der Waals surface area contributed by atoms with E-state index < -0.39 is 16.1 Å². The molecular weight excluding hydrogens is 488 g/mol. The van der Waals surface area contributed by atoms with Gasteiger partial charge in [0.1, 0.15) is 22.7 Å². The summed E-state index contributed by atoms with van der Waals surface area (Å²) in [6.07, 6.45) is 3.07. The van der Waals surface area contributed by atoms with Crippen LogP contribution in [0.5, 0.6) is 17.2 Å². The maximum Gasteiger partial charge on any atom is 0.436 e. The van der Waals surface area contributed by atoms with Crippen molar-refractivity contribution in [2.45, 2.75) is 11.4 Å². The molecule has 0 aliphatic heterocycles. The first-order chi connectivity index (χ1) is 17.4. The smallest absolute Gasteiger partial charge is 0.436 e. The van der Waals surface area contributed by atoms with Crippen molar-refractivity contribution >= 4 is 32.7 Å². The summed E-state index contributed by atoms with van der Waals surface area (Å²) in [6.45, 7) is -0.157. The highest BCUT2D eigenvalue weighted by atomic mass is 32.2. The number of sulfonamides is 1. The van der Waals surface area contributed by atoms with Crippen molar-refractivity contribution in [1.29, 1.82) is 0 Å². The quantitative estimate of drug-likeness (QED) is 0.269. The third-order valence-corrected chi connectivity index (χ3v) is 7.02. The largest absolute Gasteiger partial charge is 0.497 e. The molecule has 0 bridgehead atoms. The molecule has 0 spiro atoms. The number of hydrogen-bond donors (Lipinski definition) is 2. The molecule has 0 aliphatic carbocycles. The van der Waals surface area contributed by atoms with E-state index in [1.54, 1.807) is 36.5 Å². The fraction of sp³-hybridized carbons (Fsp3) is 0.125. The number of benzene rings is 2. The first kappa shape index (κ1) is 24.7. The number of fused-ring (bicyclic) bond motifs is 1. The standard InChI is InChI=1S/C24H22N4O7S/c1-33-17-8-10-18(11-9-17)36(31,32)28(15-16-5-4-12-25-13-16)23-19-6-3-7-20(34-2)22(19)26-14-21(23)35-24(29)27-30/h3-14,30H,15H2,1-2H3,(H,27,29). The molecule has 0 fully saturated rings. The van der Waals surface area contributed by atoms with Crippen LogP contribution in [0.2, 0.25) is 0 Å². The molecular formula is C24H22N4O7S. The Morgan fingerprint density at radius 3 is 2.42 bits per heavy atom. The maximum atomic E-state index is 14.1. The summed E-state index contributed by atoms with van der Waals surface area (Å²) in [5.41, 5.74) is 2.30. The van der Waals surface area contributed by atoms with Gasteiger partial charge < -0.3 is 14.2 Å². The average molecular weight is 511 g/mol. The average Bonchev–Trinajstić information content (AvgIpc) is 2.91. The van der Waals surface area contributed by atoms with Gasteiger partial charge in [0.25, 0.3) is 10.0 Å². The molecule has 4 aromatic rings. The molecule has 2 N–H and O–H groups in total. The van der Waals surface area contributed by atoms with E-state index in [9.17, 15) is 13.2 Å². The zero-order chi connectivity index (χ0) is 25.7. The monoisotopic (exact) mass is 510 g/mol. The van der Waals surface area contributed by atoms with Crippen molar-refractivity contribution in [3.05, 3.63) is 78.8 Å². The van der Waals surface area contributed by atoms with Crippen LogP contribution in [0.25, 0.3) is 10.9 Å². The molecule has 0 radical (unpaired) electrons. The summed E-state index contributed by atoms with van der Waals surface area (Å²) < 4.78 is 45.0. The third kappa shape index (κ3) is 4.85. The number of amides is 1. The number of nitrogens with one attached hydrogen (secondary N) is 1. The maximum absolute atomic E-state index is 14.1. The lowest BCUT2D eigenvalue weighted by atomic mass is 10.1. The fourth-order valence-corrected chi connectivity index (χ4v) is 5.08. The second-order valence-corrected chi connectivity index (χ2v) is 9.24. The van der Waals surface area contributed by atoms with Gasteiger partial charge in [0.05, 0.1) is 31.9 Å². The molecule has 0 saturated carbocycles. The molecule has 1 amide bonds. The Morgan fingerprint density at radius 1 is 1.00 bits per heavy atom. The van der Waals surface area contributed by atoms with Gasteiger partial charge >= 0.3 is 6.09 Å². The van der Waals surface area contributed by atoms with Gasteiger partial charge in [-0.1, -0.05) is 18.2 Å². The van der Waals surface area contributed by atoms with Crippen LogP contribution in [0.4, 0.5) is 10.5 Å². The van der Waals surface area contributed by atoms with E-state index >= 15 is 0 Å². The molecule has 12 heteroatoms. The number of nitrogens with zero attached hydrogens (tertiary/aromatic N) is 3. The predicted octanol–water partition coefficient (Wildman–Crippen LogP) is 3.52. The minimum Gasteiger partial charge on any atom is -0.497 e. The number of aromatic nitrogens is 2. The number of methoxy groups -OCH3 is 2. The lowest BCUT2D eigenvalue weighted by Gasteiger charge is -2.27. The lowest BCUT2D eigenvalue weighted by molar-refractivity contribution is 0.127. The van der Waals surface area contributed by atoms with Crippen molar-refractivity contribution in [3.63, 3.8) is 0 Å². The van der Waals surface area contributed by atoms with E-state index in [1.807, 2.05) is 0 Å². The zero-order valence-corrected chi connectivity index (χ0v) is 20.1. The molecule has 11 nitrogen and oxygen atoms in total. The van der Waals surface area contributed by atoms with E-state index in [-0.39, 0.29) is 22.9 Å². The van der Waals surface area contributed by atoms with Crippen molar-refractivity contribution in [2.24, 2.45) is 0 Å². The first-order valence-electron chi connectivity index (χ1n) is 10.5. The van der Waals surface area contributed by atoms with Crippen LogP contribution in [-0.2, 0) is 16.6 Å². The summed E-state index contributed by atoms with van der Waals surface area (Å²) in [7, 11) is -1.31. The minimum absolute atomic E-state index is 0.0159. The number of carbonyl (C=O) groups is 1. The number of carbonyl (C=O) groups excluding carboxylic acids is 1. The number of para-hydroxylation sites is 1. The summed E-state index contributed by atoms with van der Waals surface area (Å²) in [5.74, 6) is 0.661. The van der Waals surface area contributed by atoms with Crippen molar-refractivity contribution in [1.82, 2.24) is 15.4 Å². The predicted molar refractivity (Wildman–Crippen MR) is 130 cm³/mol. The number of hydroxylamine groups is 1. The SMILES string of the molecule is COc1ccc(S(=O)(=O)N(Cc2cccnc2)c2c(OC(=O)NO)cnc3c(OC)cccc23)cc1. The van der Waals surface area contributed by atoms with Gasteiger partial charge in [0.15, 0.2) is 5.75 Å². The Balaban J connectivity index is 2.01. The molecule has 0 atom stereocenters. The van der Waals surface area contributed by atoms with Gasteiger partial charge in [0.2, 0.25) is 0 Å². The Bertz CT molecular complexity index is 1480. The number of rotatable bonds is 8. The third-order valence-electron chi connectivity index (χ3n) is 5.26. The van der Waals surface area contributed by atoms with Crippen molar-refractivity contribution < 1.29 is 32.6 Å². The van der Waals surface area contributed by atoms with E-state index in [2.05, 4.69) is 9.97 Å². The molecule has 4 rings (SSSR count). The number of pyridine rings is 2. The highest BCUT2D eigenvalue weighted by Crippen LogP contribution is 2.41. The Hall–Kier alpha value is -4.42. The lowest BCUT2D eigenvalue weighted by Crippen LogP contribution is -2.32. The Kier molecular flexibility index (Phi) is 7.17. The Labute approximate surface area is 206 Å². The second kappa shape index (κ2) is 10.5. The van der Waals surface area contributed by atoms with E-state index in [1.165, 1.54) is 56.4 Å². The summed E-state index contributed by atoms with van der Waals surface area (Å²) in [4.78, 5) is 20.3. The zero-order valence-electron chi connectivity index (χ0n) is 19.3. The number of hydrogen-bond acceptors (Lipinski definition) is 9. The molecule has 186 valence electrons. The Morgan fingerprint density at radius 2 is 1.78 bits per heavy atom. The molecule has 0 unspecified atom stereocenters. The summed E-state index contributed by atoms with van der Waals surface area (Å²) >= 11 is 0. The van der Waals surface area contributed by atoms with Gasteiger partial charge in [-0.05, 0) is 42.0 Å². The highest BCUT2D eigenvalue weighted by molar-refractivity contribution is 7.92. The van der Waals surface area contributed by atoms with Crippen molar-refractivity contribution in [3.8, 4) is 17.2 Å². The van der Waals surface area contributed by atoms with Gasteiger partial charge in [-0.15, -0.1) is 0 Å². The fourth-order valence-electron chi connectivity index (χ4n) is 3.60. The first-order valence-corrected chi connectivity index (χ1v) is 12.0. The van der Waals surface area contributed by atoms with Crippen LogP contribution in [0.15, 0.2) is 78.1 Å². The van der Waals surface area contributed by atoms with Crippen LogP contribution in [-0.4, -0.2) is 43.9 Å². The molecule has 36 heavy (non-hydrogen) atoms. The van der Waals surface area contributed by atoms with E-state index in [0.29, 0.717) is 28.0 Å². The number of anilines is 1. The molecule has 2 heterocycles. The van der Waals surface area contributed by atoms with Crippen molar-refractivity contribution in [2.75, 3.05) is 18.5 Å². The highest BCUT2D eigenvalue weighted by Gasteiger charge is 2.31. The second-order valence-electron chi connectivity index (χ2n) is 7.38.